The van der Waals surface area contributed by atoms with Crippen LogP contribution >= 0.6 is 22.9 Å². The predicted molar refractivity (Wildman–Crippen MR) is 144 cm³/mol. The number of benzene rings is 2. The van der Waals surface area contributed by atoms with Crippen LogP contribution in [-0.4, -0.2) is 28.5 Å². The fraction of sp³-hybridized carbons (Fsp3) is 0.231. The van der Waals surface area contributed by atoms with Crippen LogP contribution in [0.15, 0.2) is 53.6 Å². The number of hydrogen-bond donors (Lipinski definition) is 2. The Labute approximate surface area is 216 Å². The summed E-state index contributed by atoms with van der Waals surface area (Å²) in [7, 11) is 1.49. The highest BCUT2D eigenvalue weighted by Gasteiger charge is 2.21. The zero-order valence-electron chi connectivity index (χ0n) is 20.2. The summed E-state index contributed by atoms with van der Waals surface area (Å²) < 4.78 is 6.52. The van der Waals surface area contributed by atoms with E-state index in [0.29, 0.717) is 48.7 Å². The Kier molecular flexibility index (Phi) is 7.42. The minimum atomic E-state index is -0.412. The van der Waals surface area contributed by atoms with Crippen molar-refractivity contribution in [3.63, 3.8) is 0 Å². The van der Waals surface area contributed by atoms with Crippen molar-refractivity contribution < 1.29 is 14.3 Å². The number of halogens is 1. The molecule has 186 valence electrons. The van der Waals surface area contributed by atoms with Crippen molar-refractivity contribution in [2.24, 2.45) is 0 Å². The minimum absolute atomic E-state index is 0.204. The molecule has 2 heterocycles. The third-order valence-corrected chi connectivity index (χ3v) is 7.14. The summed E-state index contributed by atoms with van der Waals surface area (Å²) in [5.41, 5.74) is 2.33. The Bertz CT molecular complexity index is 1510. The lowest BCUT2D eigenvalue weighted by atomic mass is 10.0. The van der Waals surface area contributed by atoms with Crippen LogP contribution in [0.25, 0.3) is 10.2 Å². The molecule has 0 aliphatic carbocycles. The van der Waals surface area contributed by atoms with E-state index in [1.165, 1.54) is 23.6 Å². The molecule has 0 saturated carbocycles. The number of hydrogen-bond acceptors (Lipinski definition) is 6. The van der Waals surface area contributed by atoms with Crippen molar-refractivity contribution in [2.45, 2.75) is 33.2 Å². The number of carbonyl (C=O) groups is 2. The van der Waals surface area contributed by atoms with Crippen LogP contribution in [0.5, 0.6) is 5.75 Å². The molecule has 4 aromatic rings. The number of anilines is 2. The van der Waals surface area contributed by atoms with Gasteiger partial charge in [-0.2, -0.15) is 0 Å². The second-order valence-corrected chi connectivity index (χ2v) is 9.97. The Morgan fingerprint density at radius 3 is 2.53 bits per heavy atom. The molecule has 0 fully saturated rings. The number of aromatic nitrogens is 2. The fourth-order valence-electron chi connectivity index (χ4n) is 3.75. The number of rotatable bonds is 7. The number of nitrogens with zero attached hydrogens (tertiary/aromatic N) is 2. The highest BCUT2D eigenvalue weighted by Crippen LogP contribution is 2.31. The van der Waals surface area contributed by atoms with Gasteiger partial charge in [-0.25, -0.2) is 4.98 Å². The van der Waals surface area contributed by atoms with E-state index in [4.69, 9.17) is 16.3 Å². The van der Waals surface area contributed by atoms with Gasteiger partial charge in [-0.15, -0.1) is 11.3 Å². The van der Waals surface area contributed by atoms with Crippen LogP contribution in [0.1, 0.15) is 40.6 Å². The van der Waals surface area contributed by atoms with Crippen LogP contribution in [-0.2, 0) is 11.3 Å². The minimum Gasteiger partial charge on any atom is -0.495 e. The van der Waals surface area contributed by atoms with Crippen molar-refractivity contribution in [2.75, 3.05) is 17.7 Å². The zero-order chi connectivity index (χ0) is 26.0. The Morgan fingerprint density at radius 1 is 1.14 bits per heavy atom. The number of thiophene rings is 1. The third kappa shape index (κ3) is 5.27. The summed E-state index contributed by atoms with van der Waals surface area (Å²) in [6.45, 7) is 5.68. The van der Waals surface area contributed by atoms with Gasteiger partial charge in [0, 0.05) is 10.7 Å². The summed E-state index contributed by atoms with van der Waals surface area (Å²) in [5.74, 6) is 0.0791. The van der Waals surface area contributed by atoms with Crippen molar-refractivity contribution in [1.29, 1.82) is 0 Å². The number of aryl methyl sites for hydroxylation is 1. The smallest absolute Gasteiger partial charge is 0.266 e. The molecule has 4 rings (SSSR count). The van der Waals surface area contributed by atoms with Crippen LogP contribution in [0.4, 0.5) is 11.4 Å². The van der Waals surface area contributed by atoms with E-state index < -0.39 is 11.5 Å². The molecular weight excluding hydrogens is 500 g/mol. The first-order valence-corrected chi connectivity index (χ1v) is 12.4. The number of amides is 2. The van der Waals surface area contributed by atoms with Crippen molar-refractivity contribution in [1.82, 2.24) is 9.55 Å². The fourth-order valence-corrected chi connectivity index (χ4v) is 4.96. The summed E-state index contributed by atoms with van der Waals surface area (Å²) in [6, 6.07) is 12.5. The van der Waals surface area contributed by atoms with Crippen molar-refractivity contribution in [3.05, 3.63) is 80.2 Å². The average Bonchev–Trinajstić information content (AvgIpc) is 3.18. The maximum Gasteiger partial charge on any atom is 0.266 e. The molecule has 8 nitrogen and oxygen atoms in total. The number of fused-ring (bicyclic) bond motifs is 1. The van der Waals surface area contributed by atoms with E-state index >= 15 is 0 Å². The lowest BCUT2D eigenvalue weighted by Crippen LogP contribution is -2.28. The van der Waals surface area contributed by atoms with Crippen LogP contribution < -0.4 is 20.9 Å². The molecule has 0 aliphatic heterocycles. The lowest BCUT2D eigenvalue weighted by Gasteiger charge is -2.10. The molecule has 0 bridgehead atoms. The monoisotopic (exact) mass is 524 g/mol. The lowest BCUT2D eigenvalue weighted by molar-refractivity contribution is -0.116. The molecule has 10 heteroatoms. The van der Waals surface area contributed by atoms with E-state index in [1.807, 2.05) is 24.3 Å². The highest BCUT2D eigenvalue weighted by molar-refractivity contribution is 7.20. The number of ether oxygens (including phenoxy) is 1. The molecule has 2 N–H and O–H groups in total. The predicted octanol–water partition coefficient (Wildman–Crippen LogP) is 5.44. The summed E-state index contributed by atoms with van der Waals surface area (Å²) in [6.07, 6.45) is 1.32. The molecule has 0 atom stereocenters. The molecule has 2 aromatic heterocycles. The molecule has 0 unspecified atom stereocenters. The molecule has 36 heavy (non-hydrogen) atoms. The largest absolute Gasteiger partial charge is 0.495 e. The zero-order valence-corrected chi connectivity index (χ0v) is 21.8. The Hall–Kier alpha value is -3.69. The summed E-state index contributed by atoms with van der Waals surface area (Å²) >= 11 is 7.16. The number of nitrogens with one attached hydrogen (secondary N) is 2. The first-order valence-electron chi connectivity index (χ1n) is 11.2. The van der Waals surface area contributed by atoms with E-state index in [-0.39, 0.29) is 12.5 Å². The van der Waals surface area contributed by atoms with Crippen LogP contribution in [0.3, 0.4) is 0 Å². The van der Waals surface area contributed by atoms with Gasteiger partial charge in [-0.1, -0.05) is 37.6 Å². The van der Waals surface area contributed by atoms with Crippen molar-refractivity contribution in [3.8, 4) is 5.75 Å². The SMILES string of the molecule is COc1ccc(Cl)cc1NC(=O)c1sc2ncn(CC(=O)Nc3ccc(C(C)C)cc3)c(=O)c2c1C. The van der Waals surface area contributed by atoms with Gasteiger partial charge in [0.2, 0.25) is 5.91 Å². The Balaban J connectivity index is 1.55. The van der Waals surface area contributed by atoms with Crippen LogP contribution in [0.2, 0.25) is 5.02 Å². The molecule has 0 aliphatic rings. The van der Waals surface area contributed by atoms with Gasteiger partial charge in [0.05, 0.1) is 29.4 Å². The van der Waals surface area contributed by atoms with Gasteiger partial charge in [0.15, 0.2) is 0 Å². The maximum absolute atomic E-state index is 13.2. The van der Waals surface area contributed by atoms with Gasteiger partial charge in [-0.05, 0) is 54.3 Å². The van der Waals surface area contributed by atoms with E-state index in [2.05, 4.69) is 29.5 Å². The average molecular weight is 525 g/mol. The molecule has 0 radical (unpaired) electrons. The molecule has 2 aromatic carbocycles. The molecular formula is C26H25ClN4O4S. The Morgan fingerprint density at radius 2 is 1.86 bits per heavy atom. The van der Waals surface area contributed by atoms with E-state index in [9.17, 15) is 14.4 Å². The second-order valence-electron chi connectivity index (χ2n) is 8.54. The summed E-state index contributed by atoms with van der Waals surface area (Å²) in [4.78, 5) is 43.9. The normalized spacial score (nSPS) is 11.1. The first-order chi connectivity index (χ1) is 17.2. The van der Waals surface area contributed by atoms with Gasteiger partial charge >= 0.3 is 0 Å². The number of methoxy groups -OCH3 is 1. The second kappa shape index (κ2) is 10.5. The molecule has 2 amide bonds. The topological polar surface area (TPSA) is 102 Å². The third-order valence-electron chi connectivity index (χ3n) is 5.71. The highest BCUT2D eigenvalue weighted by atomic mass is 35.5. The molecule has 0 spiro atoms. The quantitative estimate of drug-likeness (QED) is 0.335. The summed E-state index contributed by atoms with van der Waals surface area (Å²) in [5, 5.41) is 6.34. The maximum atomic E-state index is 13.2. The van der Waals surface area contributed by atoms with E-state index in [1.54, 1.807) is 25.1 Å². The van der Waals surface area contributed by atoms with Crippen LogP contribution in [0, 0.1) is 6.92 Å². The van der Waals surface area contributed by atoms with Crippen molar-refractivity contribution >= 4 is 56.3 Å². The van der Waals surface area contributed by atoms with Gasteiger partial charge in [-0.3, -0.25) is 19.0 Å². The molecule has 0 saturated heterocycles. The van der Waals surface area contributed by atoms with Gasteiger partial charge < -0.3 is 15.4 Å². The van der Waals surface area contributed by atoms with Gasteiger partial charge in [0.1, 0.15) is 17.1 Å². The standard InChI is InChI=1S/C26H25ClN4O4S/c1-14(2)16-5-8-18(9-6-16)29-21(32)12-31-13-28-25-22(26(31)34)15(3)23(36-25)24(33)30-19-11-17(27)7-10-20(19)35-4/h5-11,13-14H,12H2,1-4H3,(H,29,32)(H,30,33). The number of carbonyl (C=O) groups excluding carboxylic acids is 2. The first kappa shape index (κ1) is 25.4. The van der Waals surface area contributed by atoms with E-state index in [0.717, 1.165) is 11.3 Å². The van der Waals surface area contributed by atoms with Gasteiger partial charge in [0.25, 0.3) is 11.5 Å².